The highest BCUT2D eigenvalue weighted by molar-refractivity contribution is 5.96. The first kappa shape index (κ1) is 12.5. The molecule has 88 valence electrons. The number of hydrogen-bond acceptors (Lipinski definition) is 3. The van der Waals surface area contributed by atoms with Crippen LogP contribution in [0.4, 0.5) is 0 Å². The number of aliphatic hydroxyl groups is 1. The Balaban J connectivity index is 2.56. The van der Waals surface area contributed by atoms with Crippen molar-refractivity contribution in [3.8, 4) is 5.75 Å². The quantitative estimate of drug-likeness (QED) is 0.704. The Hall–Kier alpha value is -1.55. The third-order valence-corrected chi connectivity index (χ3v) is 2.32. The fourth-order valence-corrected chi connectivity index (χ4v) is 1.44. The molecule has 1 unspecified atom stereocenters. The van der Waals surface area contributed by atoms with Crippen LogP contribution in [0.5, 0.6) is 5.75 Å². The first-order chi connectivity index (χ1) is 7.65. The number of aromatic hydroxyl groups is 1. The molecule has 0 aromatic heterocycles. The molecule has 0 saturated heterocycles. The Bertz CT molecular complexity index is 352. The summed E-state index contributed by atoms with van der Waals surface area (Å²) in [6.07, 6.45) is 1.37. The average Bonchev–Trinajstić information content (AvgIpc) is 2.26. The fraction of sp³-hybridized carbons (Fsp3) is 0.417. The van der Waals surface area contributed by atoms with Gasteiger partial charge in [0.1, 0.15) is 5.75 Å². The summed E-state index contributed by atoms with van der Waals surface area (Å²) in [6.45, 7) is 1.99. The number of rotatable bonds is 5. The van der Waals surface area contributed by atoms with E-state index in [1.165, 1.54) is 6.07 Å². The lowest BCUT2D eigenvalue weighted by atomic mass is 10.1. The number of carbonyl (C=O) groups is 1. The number of carbonyl (C=O) groups excluding carboxylic acids is 1. The number of amides is 1. The number of nitrogens with one attached hydrogen (secondary N) is 1. The van der Waals surface area contributed by atoms with Gasteiger partial charge in [-0.1, -0.05) is 12.1 Å². The zero-order valence-corrected chi connectivity index (χ0v) is 9.31. The first-order valence-corrected chi connectivity index (χ1v) is 5.35. The summed E-state index contributed by atoms with van der Waals surface area (Å²) in [5.74, 6) is -0.308. The second-order valence-corrected chi connectivity index (χ2v) is 3.76. The van der Waals surface area contributed by atoms with Crippen molar-refractivity contribution >= 4 is 5.91 Å². The molecule has 0 aliphatic heterocycles. The van der Waals surface area contributed by atoms with Crippen molar-refractivity contribution in [1.29, 1.82) is 0 Å². The molecular weight excluding hydrogens is 206 g/mol. The normalized spacial score (nSPS) is 12.1. The van der Waals surface area contributed by atoms with Gasteiger partial charge < -0.3 is 15.5 Å². The van der Waals surface area contributed by atoms with E-state index in [1.807, 2.05) is 6.92 Å². The minimum atomic E-state index is -0.288. The van der Waals surface area contributed by atoms with Gasteiger partial charge in [-0.25, -0.2) is 0 Å². The summed E-state index contributed by atoms with van der Waals surface area (Å²) in [6, 6.07) is 6.41. The molecule has 1 aromatic rings. The first-order valence-electron chi connectivity index (χ1n) is 5.35. The zero-order chi connectivity index (χ0) is 12.0. The maximum absolute atomic E-state index is 11.7. The van der Waals surface area contributed by atoms with Crippen LogP contribution in [0.1, 0.15) is 30.1 Å². The molecule has 16 heavy (non-hydrogen) atoms. The van der Waals surface area contributed by atoms with Crippen molar-refractivity contribution in [1.82, 2.24) is 5.32 Å². The van der Waals surface area contributed by atoms with Crippen LogP contribution in [-0.4, -0.2) is 28.8 Å². The SMILES string of the molecule is CC(CCCO)NC(=O)c1ccccc1O. The van der Waals surface area contributed by atoms with Gasteiger partial charge in [-0.2, -0.15) is 0 Å². The lowest BCUT2D eigenvalue weighted by Crippen LogP contribution is -2.32. The van der Waals surface area contributed by atoms with Crippen molar-refractivity contribution in [2.45, 2.75) is 25.8 Å². The van der Waals surface area contributed by atoms with Gasteiger partial charge in [0.05, 0.1) is 5.56 Å². The van der Waals surface area contributed by atoms with E-state index in [0.29, 0.717) is 6.42 Å². The van der Waals surface area contributed by atoms with Crippen LogP contribution in [0.2, 0.25) is 0 Å². The minimum absolute atomic E-state index is 0.0146. The van der Waals surface area contributed by atoms with Gasteiger partial charge in [-0.3, -0.25) is 4.79 Å². The van der Waals surface area contributed by atoms with E-state index in [2.05, 4.69) is 5.32 Å². The zero-order valence-electron chi connectivity index (χ0n) is 9.31. The molecule has 3 N–H and O–H groups in total. The maximum atomic E-state index is 11.7. The smallest absolute Gasteiger partial charge is 0.255 e. The molecule has 0 heterocycles. The fourth-order valence-electron chi connectivity index (χ4n) is 1.44. The van der Waals surface area contributed by atoms with Crippen LogP contribution >= 0.6 is 0 Å². The second kappa shape index (κ2) is 6.12. The molecule has 0 radical (unpaired) electrons. The molecule has 1 atom stereocenters. The van der Waals surface area contributed by atoms with Crippen LogP contribution < -0.4 is 5.32 Å². The largest absolute Gasteiger partial charge is 0.507 e. The topological polar surface area (TPSA) is 69.6 Å². The van der Waals surface area contributed by atoms with E-state index < -0.39 is 0 Å². The molecule has 1 rings (SSSR count). The van der Waals surface area contributed by atoms with Crippen molar-refractivity contribution in [2.24, 2.45) is 0 Å². The van der Waals surface area contributed by atoms with E-state index in [1.54, 1.807) is 18.2 Å². The summed E-state index contributed by atoms with van der Waals surface area (Å²) >= 11 is 0. The van der Waals surface area contributed by atoms with Crippen LogP contribution in [0.25, 0.3) is 0 Å². The monoisotopic (exact) mass is 223 g/mol. The molecular formula is C12H17NO3. The standard InChI is InChI=1S/C12H17NO3/c1-9(5-4-8-14)13-12(16)10-6-2-3-7-11(10)15/h2-3,6-7,9,14-15H,4-5,8H2,1H3,(H,13,16). The van der Waals surface area contributed by atoms with Gasteiger partial charge in [0.2, 0.25) is 0 Å². The molecule has 4 heteroatoms. The molecule has 0 saturated carbocycles. The van der Waals surface area contributed by atoms with Crippen LogP contribution in [0.15, 0.2) is 24.3 Å². The van der Waals surface area contributed by atoms with Gasteiger partial charge in [0, 0.05) is 12.6 Å². The lowest BCUT2D eigenvalue weighted by Gasteiger charge is -2.13. The van der Waals surface area contributed by atoms with Gasteiger partial charge in [-0.15, -0.1) is 0 Å². The highest BCUT2D eigenvalue weighted by Crippen LogP contribution is 2.15. The Morgan fingerprint density at radius 1 is 1.44 bits per heavy atom. The molecule has 0 fully saturated rings. The maximum Gasteiger partial charge on any atom is 0.255 e. The number of hydrogen-bond donors (Lipinski definition) is 3. The highest BCUT2D eigenvalue weighted by atomic mass is 16.3. The van der Waals surface area contributed by atoms with Gasteiger partial charge in [-0.05, 0) is 31.9 Å². The van der Waals surface area contributed by atoms with Crippen LogP contribution in [-0.2, 0) is 0 Å². The van der Waals surface area contributed by atoms with Gasteiger partial charge >= 0.3 is 0 Å². The lowest BCUT2D eigenvalue weighted by molar-refractivity contribution is 0.0934. The molecule has 1 amide bonds. The summed E-state index contributed by atoms with van der Waals surface area (Å²) < 4.78 is 0. The van der Waals surface area contributed by atoms with E-state index in [-0.39, 0.29) is 29.9 Å². The number of benzene rings is 1. The third-order valence-electron chi connectivity index (χ3n) is 2.32. The van der Waals surface area contributed by atoms with Crippen molar-refractivity contribution in [2.75, 3.05) is 6.61 Å². The van der Waals surface area contributed by atoms with Crippen LogP contribution in [0.3, 0.4) is 0 Å². The Labute approximate surface area is 94.9 Å². The Morgan fingerprint density at radius 2 is 2.12 bits per heavy atom. The van der Waals surface area contributed by atoms with Gasteiger partial charge in [0.15, 0.2) is 0 Å². The number of aliphatic hydroxyl groups excluding tert-OH is 1. The van der Waals surface area contributed by atoms with Crippen molar-refractivity contribution in [3.63, 3.8) is 0 Å². The molecule has 4 nitrogen and oxygen atoms in total. The minimum Gasteiger partial charge on any atom is -0.507 e. The predicted molar refractivity (Wildman–Crippen MR) is 61.4 cm³/mol. The number of para-hydroxylation sites is 1. The van der Waals surface area contributed by atoms with Gasteiger partial charge in [0.25, 0.3) is 5.91 Å². The summed E-state index contributed by atoms with van der Waals surface area (Å²) in [7, 11) is 0. The average molecular weight is 223 g/mol. The molecule has 0 aliphatic carbocycles. The molecule has 0 bridgehead atoms. The molecule has 1 aromatic carbocycles. The van der Waals surface area contributed by atoms with Crippen molar-refractivity contribution < 1.29 is 15.0 Å². The van der Waals surface area contributed by atoms with E-state index in [4.69, 9.17) is 5.11 Å². The van der Waals surface area contributed by atoms with Crippen LogP contribution in [0, 0.1) is 0 Å². The third kappa shape index (κ3) is 3.55. The van der Waals surface area contributed by atoms with E-state index >= 15 is 0 Å². The Morgan fingerprint density at radius 3 is 2.75 bits per heavy atom. The molecule has 0 spiro atoms. The predicted octanol–water partition coefficient (Wildman–Crippen LogP) is 1.28. The Kier molecular flexibility index (Phi) is 4.79. The summed E-state index contributed by atoms with van der Waals surface area (Å²) in [5, 5.41) is 20.9. The summed E-state index contributed by atoms with van der Waals surface area (Å²) in [4.78, 5) is 11.7. The number of phenols is 1. The highest BCUT2D eigenvalue weighted by Gasteiger charge is 2.12. The second-order valence-electron chi connectivity index (χ2n) is 3.76. The molecule has 0 aliphatic rings. The van der Waals surface area contributed by atoms with Crippen molar-refractivity contribution in [3.05, 3.63) is 29.8 Å². The van der Waals surface area contributed by atoms with E-state index in [9.17, 15) is 9.90 Å². The van der Waals surface area contributed by atoms with E-state index in [0.717, 1.165) is 6.42 Å². The number of phenolic OH excluding ortho intramolecular Hbond substituents is 1. The summed E-state index contributed by atoms with van der Waals surface area (Å²) in [5.41, 5.74) is 0.276.